The summed E-state index contributed by atoms with van der Waals surface area (Å²) in [5.74, 6) is 0.676. The van der Waals surface area contributed by atoms with Crippen molar-refractivity contribution in [2.24, 2.45) is 0 Å². The van der Waals surface area contributed by atoms with Gasteiger partial charge in [0, 0.05) is 17.0 Å². The highest BCUT2D eigenvalue weighted by Crippen LogP contribution is 2.20. The van der Waals surface area contributed by atoms with Crippen molar-refractivity contribution in [3.05, 3.63) is 69.8 Å². The highest BCUT2D eigenvalue weighted by Gasteiger charge is 2.11. The minimum absolute atomic E-state index is 0.0822. The minimum Gasteiger partial charge on any atom is -0.364 e. The average Bonchev–Trinajstić information content (AvgIpc) is 3.36. The van der Waals surface area contributed by atoms with Crippen LogP contribution in [-0.2, 0) is 13.1 Å². The van der Waals surface area contributed by atoms with Gasteiger partial charge in [-0.2, -0.15) is 5.10 Å². The smallest absolute Gasteiger partial charge is 0.251 e. The molecule has 0 aliphatic rings. The van der Waals surface area contributed by atoms with Crippen molar-refractivity contribution in [3.8, 4) is 0 Å². The Hall–Kier alpha value is -3.26. The summed E-state index contributed by atoms with van der Waals surface area (Å²) in [4.78, 5) is 22.4. The Kier molecular flexibility index (Phi) is 5.53. The second-order valence-electron chi connectivity index (χ2n) is 6.89. The molecule has 1 aromatic carbocycles. The number of nitrogens with one attached hydrogen (secondary N) is 2. The van der Waals surface area contributed by atoms with Crippen LogP contribution in [0.25, 0.3) is 11.0 Å². The number of nitrogens with zero attached hydrogens (tertiary/aromatic N) is 4. The molecular formula is C21H22N6OS. The van der Waals surface area contributed by atoms with Gasteiger partial charge in [-0.15, -0.1) is 11.3 Å². The van der Waals surface area contributed by atoms with Crippen LogP contribution in [0.2, 0.25) is 0 Å². The number of hydrogen-bond donors (Lipinski definition) is 2. The molecule has 7 nitrogen and oxygen atoms in total. The molecule has 0 bridgehead atoms. The summed E-state index contributed by atoms with van der Waals surface area (Å²) >= 11 is 1.70. The summed E-state index contributed by atoms with van der Waals surface area (Å²) in [7, 11) is 0. The molecule has 0 radical (unpaired) electrons. The Balaban J connectivity index is 1.41. The lowest BCUT2D eigenvalue weighted by Crippen LogP contribution is -2.27. The van der Waals surface area contributed by atoms with Gasteiger partial charge >= 0.3 is 0 Å². The zero-order valence-corrected chi connectivity index (χ0v) is 17.2. The van der Waals surface area contributed by atoms with Gasteiger partial charge in [0.1, 0.15) is 12.1 Å². The van der Waals surface area contributed by atoms with E-state index in [1.54, 1.807) is 22.2 Å². The Morgan fingerprint density at radius 3 is 2.76 bits per heavy atom. The number of anilines is 1. The van der Waals surface area contributed by atoms with E-state index >= 15 is 0 Å². The average molecular weight is 407 g/mol. The molecule has 0 saturated carbocycles. The molecule has 0 aliphatic heterocycles. The molecule has 29 heavy (non-hydrogen) atoms. The normalized spacial score (nSPS) is 11.0. The first-order chi connectivity index (χ1) is 14.1. The molecule has 0 atom stereocenters. The molecule has 0 spiro atoms. The van der Waals surface area contributed by atoms with Crippen LogP contribution in [0.1, 0.15) is 26.4 Å². The van der Waals surface area contributed by atoms with Crippen molar-refractivity contribution in [3.63, 3.8) is 0 Å². The summed E-state index contributed by atoms with van der Waals surface area (Å²) in [6.45, 7) is 5.68. The van der Waals surface area contributed by atoms with Gasteiger partial charge < -0.3 is 10.6 Å². The lowest BCUT2D eigenvalue weighted by molar-refractivity contribution is 0.0952. The first-order valence-corrected chi connectivity index (χ1v) is 10.3. The van der Waals surface area contributed by atoms with Gasteiger partial charge in [0.25, 0.3) is 5.91 Å². The molecule has 0 fully saturated rings. The van der Waals surface area contributed by atoms with E-state index in [1.807, 2.05) is 32.0 Å². The Morgan fingerprint density at radius 1 is 1.17 bits per heavy atom. The van der Waals surface area contributed by atoms with Gasteiger partial charge in [-0.3, -0.25) is 4.79 Å². The van der Waals surface area contributed by atoms with Gasteiger partial charge in [0.05, 0.1) is 24.7 Å². The van der Waals surface area contributed by atoms with Crippen LogP contribution in [0.3, 0.4) is 0 Å². The summed E-state index contributed by atoms with van der Waals surface area (Å²) in [5, 5.41) is 13.6. The highest BCUT2D eigenvalue weighted by molar-refractivity contribution is 7.09. The van der Waals surface area contributed by atoms with Crippen molar-refractivity contribution in [1.29, 1.82) is 0 Å². The number of benzene rings is 1. The Labute approximate surface area is 172 Å². The third-order valence-electron chi connectivity index (χ3n) is 4.54. The van der Waals surface area contributed by atoms with E-state index in [0.29, 0.717) is 25.2 Å². The first kappa shape index (κ1) is 19.1. The number of aryl methyl sites for hydroxylation is 2. The SMILES string of the molecule is Cc1cc(C)cc(C(=O)NCCn2ncc3c(NCc4cccs4)ncnc32)c1. The quantitative estimate of drug-likeness (QED) is 0.490. The van der Waals surface area contributed by atoms with E-state index in [2.05, 4.69) is 43.2 Å². The summed E-state index contributed by atoms with van der Waals surface area (Å²) in [5.41, 5.74) is 3.57. The maximum absolute atomic E-state index is 12.4. The van der Waals surface area contributed by atoms with Crippen LogP contribution < -0.4 is 10.6 Å². The summed E-state index contributed by atoms with van der Waals surface area (Å²) in [6.07, 6.45) is 3.29. The number of amides is 1. The lowest BCUT2D eigenvalue weighted by Gasteiger charge is -2.08. The molecule has 4 rings (SSSR count). The van der Waals surface area contributed by atoms with Crippen LogP contribution in [0.5, 0.6) is 0 Å². The molecule has 3 heterocycles. The van der Waals surface area contributed by atoms with E-state index in [4.69, 9.17) is 0 Å². The van der Waals surface area contributed by atoms with E-state index in [1.165, 1.54) is 11.2 Å². The molecule has 1 amide bonds. The highest BCUT2D eigenvalue weighted by atomic mass is 32.1. The van der Waals surface area contributed by atoms with E-state index in [9.17, 15) is 4.79 Å². The minimum atomic E-state index is -0.0822. The summed E-state index contributed by atoms with van der Waals surface area (Å²) < 4.78 is 1.79. The summed E-state index contributed by atoms with van der Waals surface area (Å²) in [6, 6.07) is 9.95. The van der Waals surface area contributed by atoms with Crippen LogP contribution in [0, 0.1) is 13.8 Å². The van der Waals surface area contributed by atoms with E-state index in [-0.39, 0.29) is 5.91 Å². The van der Waals surface area contributed by atoms with E-state index in [0.717, 1.165) is 28.0 Å². The predicted molar refractivity (Wildman–Crippen MR) is 115 cm³/mol. The molecule has 148 valence electrons. The maximum atomic E-state index is 12.4. The number of hydrogen-bond acceptors (Lipinski definition) is 6. The Morgan fingerprint density at radius 2 is 2.00 bits per heavy atom. The number of thiophene rings is 1. The van der Waals surface area contributed by atoms with Gasteiger partial charge in [0.2, 0.25) is 0 Å². The largest absolute Gasteiger partial charge is 0.364 e. The topological polar surface area (TPSA) is 84.7 Å². The number of carbonyl (C=O) groups is 1. The zero-order chi connectivity index (χ0) is 20.2. The molecular weight excluding hydrogens is 384 g/mol. The number of carbonyl (C=O) groups excluding carboxylic acids is 1. The number of rotatable bonds is 7. The second-order valence-corrected chi connectivity index (χ2v) is 7.92. The van der Waals surface area contributed by atoms with Gasteiger partial charge in [-0.05, 0) is 37.4 Å². The fourth-order valence-corrected chi connectivity index (χ4v) is 3.91. The van der Waals surface area contributed by atoms with E-state index < -0.39 is 0 Å². The molecule has 8 heteroatoms. The van der Waals surface area contributed by atoms with Crippen LogP contribution in [-0.4, -0.2) is 32.2 Å². The maximum Gasteiger partial charge on any atom is 0.251 e. The molecule has 0 aliphatic carbocycles. The van der Waals surface area contributed by atoms with Gasteiger partial charge in [-0.1, -0.05) is 23.3 Å². The predicted octanol–water partition coefficient (Wildman–Crippen LogP) is 3.55. The standard InChI is InChI=1S/C21H22N6OS/c1-14-8-15(2)10-16(9-14)21(28)22-5-6-27-20-18(12-26-27)19(24-13-25-20)23-11-17-4-3-7-29-17/h3-4,7-10,12-13H,5-6,11H2,1-2H3,(H,22,28)(H,23,24,25). The fourth-order valence-electron chi connectivity index (χ4n) is 3.26. The Bertz CT molecular complexity index is 1120. The van der Waals surface area contributed by atoms with Crippen LogP contribution in [0.15, 0.2) is 48.2 Å². The van der Waals surface area contributed by atoms with Gasteiger partial charge in [0.15, 0.2) is 5.65 Å². The van der Waals surface area contributed by atoms with Crippen molar-refractivity contribution in [1.82, 2.24) is 25.1 Å². The van der Waals surface area contributed by atoms with Crippen molar-refractivity contribution < 1.29 is 4.79 Å². The fraction of sp³-hybridized carbons (Fsp3) is 0.238. The molecule has 3 aromatic heterocycles. The third-order valence-corrected chi connectivity index (χ3v) is 5.41. The molecule has 2 N–H and O–H groups in total. The second kappa shape index (κ2) is 8.40. The zero-order valence-electron chi connectivity index (χ0n) is 16.3. The molecule has 0 unspecified atom stereocenters. The van der Waals surface area contributed by atoms with Crippen LogP contribution in [0.4, 0.5) is 5.82 Å². The monoisotopic (exact) mass is 406 g/mol. The number of fused-ring (bicyclic) bond motifs is 1. The van der Waals surface area contributed by atoms with Crippen molar-refractivity contribution in [2.75, 3.05) is 11.9 Å². The van der Waals surface area contributed by atoms with Crippen molar-refractivity contribution in [2.45, 2.75) is 26.9 Å². The first-order valence-electron chi connectivity index (χ1n) is 9.39. The van der Waals surface area contributed by atoms with Gasteiger partial charge in [-0.25, -0.2) is 14.6 Å². The van der Waals surface area contributed by atoms with Crippen molar-refractivity contribution >= 4 is 34.1 Å². The molecule has 0 saturated heterocycles. The number of aromatic nitrogens is 4. The van der Waals surface area contributed by atoms with Crippen LogP contribution >= 0.6 is 11.3 Å². The third kappa shape index (κ3) is 4.43. The molecule has 4 aromatic rings. The lowest BCUT2D eigenvalue weighted by atomic mass is 10.1.